The Balaban J connectivity index is 1.63. The first-order chi connectivity index (χ1) is 9.61. The fourth-order valence-corrected chi connectivity index (χ4v) is 2.15. The first-order valence-corrected chi connectivity index (χ1v) is 5.93. The molecule has 2 aromatic carbocycles. The van der Waals surface area contributed by atoms with Crippen LogP contribution in [0.4, 0.5) is 8.78 Å². The zero-order valence-electron chi connectivity index (χ0n) is 10.0. The quantitative estimate of drug-likeness (QED) is 0.800. The molecule has 102 valence electrons. The molecule has 0 bridgehead atoms. The molecule has 0 aromatic heterocycles. The highest BCUT2D eigenvalue weighted by Gasteiger charge is 2.43. The maximum absolute atomic E-state index is 13.0. The summed E-state index contributed by atoms with van der Waals surface area (Å²) in [5.41, 5.74) is 0.571. The predicted octanol–water partition coefficient (Wildman–Crippen LogP) is 3.48. The van der Waals surface area contributed by atoms with Gasteiger partial charge in [0.05, 0.1) is 0 Å². The number of benzene rings is 2. The molecule has 2 aliphatic heterocycles. The van der Waals surface area contributed by atoms with Gasteiger partial charge >= 0.3 is 6.29 Å². The van der Waals surface area contributed by atoms with Crippen LogP contribution in [0.1, 0.15) is 11.9 Å². The van der Waals surface area contributed by atoms with Gasteiger partial charge in [0.1, 0.15) is 0 Å². The molecule has 0 fully saturated rings. The average Bonchev–Trinajstić information content (AvgIpc) is 2.96. The summed E-state index contributed by atoms with van der Waals surface area (Å²) in [5.74, 6) is 1.19. The van der Waals surface area contributed by atoms with Crippen molar-refractivity contribution in [2.75, 3.05) is 0 Å². The van der Waals surface area contributed by atoms with Crippen molar-refractivity contribution in [1.29, 1.82) is 0 Å². The molecule has 0 saturated heterocycles. The fourth-order valence-electron chi connectivity index (χ4n) is 2.15. The minimum atomic E-state index is -3.62. The van der Waals surface area contributed by atoms with Crippen LogP contribution in [0.15, 0.2) is 42.5 Å². The zero-order valence-corrected chi connectivity index (χ0v) is 10.0. The topological polar surface area (TPSA) is 36.9 Å². The minimum Gasteiger partial charge on any atom is -0.447 e. The van der Waals surface area contributed by atoms with Crippen molar-refractivity contribution in [1.82, 2.24) is 0 Å². The van der Waals surface area contributed by atoms with Gasteiger partial charge in [-0.25, -0.2) is 0 Å². The van der Waals surface area contributed by atoms with E-state index in [0.717, 1.165) is 0 Å². The summed E-state index contributed by atoms with van der Waals surface area (Å²) in [6, 6.07) is 11.6. The average molecular weight is 278 g/mol. The van der Waals surface area contributed by atoms with Crippen molar-refractivity contribution in [2.45, 2.75) is 12.6 Å². The summed E-state index contributed by atoms with van der Waals surface area (Å²) >= 11 is 0. The minimum absolute atomic E-state index is 0.00531. The van der Waals surface area contributed by atoms with Crippen LogP contribution in [0.2, 0.25) is 0 Å². The maximum Gasteiger partial charge on any atom is 0.586 e. The monoisotopic (exact) mass is 278 g/mol. The highest BCUT2D eigenvalue weighted by molar-refractivity contribution is 5.48. The molecule has 2 heterocycles. The SMILES string of the molecule is FC1(F)Oc2ccc(C3Oc4ccccc4O3)cc2O1. The van der Waals surface area contributed by atoms with Crippen LogP contribution in [0, 0.1) is 0 Å². The van der Waals surface area contributed by atoms with Crippen LogP contribution in [-0.2, 0) is 0 Å². The third-order valence-electron chi connectivity index (χ3n) is 3.01. The summed E-state index contributed by atoms with van der Waals surface area (Å²) in [4.78, 5) is 0. The maximum atomic E-state index is 13.0. The van der Waals surface area contributed by atoms with Crippen LogP contribution in [0.25, 0.3) is 0 Å². The van der Waals surface area contributed by atoms with Crippen molar-refractivity contribution in [3.8, 4) is 23.0 Å². The van der Waals surface area contributed by atoms with E-state index in [9.17, 15) is 8.78 Å². The second kappa shape index (κ2) is 3.75. The van der Waals surface area contributed by atoms with Crippen LogP contribution in [-0.4, -0.2) is 6.29 Å². The van der Waals surface area contributed by atoms with Crippen molar-refractivity contribution >= 4 is 0 Å². The van der Waals surface area contributed by atoms with Gasteiger partial charge in [-0.2, -0.15) is 0 Å². The van der Waals surface area contributed by atoms with Crippen LogP contribution in [0.5, 0.6) is 23.0 Å². The van der Waals surface area contributed by atoms with E-state index in [1.165, 1.54) is 12.1 Å². The van der Waals surface area contributed by atoms with Gasteiger partial charge in [-0.1, -0.05) is 12.1 Å². The van der Waals surface area contributed by atoms with Gasteiger partial charge in [-0.3, -0.25) is 0 Å². The molecule has 4 rings (SSSR count). The van der Waals surface area contributed by atoms with Crippen molar-refractivity contribution in [3.63, 3.8) is 0 Å². The van der Waals surface area contributed by atoms with E-state index >= 15 is 0 Å². The van der Waals surface area contributed by atoms with E-state index in [2.05, 4.69) is 9.47 Å². The molecule has 20 heavy (non-hydrogen) atoms. The summed E-state index contributed by atoms with van der Waals surface area (Å²) < 4.78 is 45.8. The predicted molar refractivity (Wildman–Crippen MR) is 63.1 cm³/mol. The number of rotatable bonds is 1. The summed E-state index contributed by atoms with van der Waals surface area (Å²) in [5, 5.41) is 0. The standard InChI is InChI=1S/C14H8F2O4/c15-14(16)19-11-6-5-8(7-12(11)20-14)13-17-9-3-1-2-4-10(9)18-13/h1-7,13H. The van der Waals surface area contributed by atoms with Gasteiger partial charge in [0.2, 0.25) is 0 Å². The van der Waals surface area contributed by atoms with Gasteiger partial charge in [0.15, 0.2) is 23.0 Å². The number of hydrogen-bond donors (Lipinski definition) is 0. The molecular formula is C14H8F2O4. The van der Waals surface area contributed by atoms with Crippen molar-refractivity contribution in [2.24, 2.45) is 0 Å². The lowest BCUT2D eigenvalue weighted by Gasteiger charge is -2.10. The first-order valence-electron chi connectivity index (χ1n) is 5.93. The Morgan fingerprint density at radius 1 is 0.800 bits per heavy atom. The fraction of sp³-hybridized carbons (Fsp3) is 0.143. The van der Waals surface area contributed by atoms with Gasteiger partial charge in [-0.05, 0) is 30.3 Å². The molecule has 0 spiro atoms. The third kappa shape index (κ3) is 1.72. The Morgan fingerprint density at radius 3 is 2.15 bits per heavy atom. The lowest BCUT2D eigenvalue weighted by molar-refractivity contribution is -0.286. The van der Waals surface area contributed by atoms with Crippen molar-refractivity contribution < 1.29 is 27.7 Å². The molecule has 0 radical (unpaired) electrons. The molecule has 0 amide bonds. The van der Waals surface area contributed by atoms with Gasteiger partial charge in [0, 0.05) is 5.56 Å². The number of alkyl halides is 2. The number of hydrogen-bond acceptors (Lipinski definition) is 4. The van der Waals surface area contributed by atoms with E-state index in [1.54, 1.807) is 18.2 Å². The molecule has 0 unspecified atom stereocenters. The zero-order chi connectivity index (χ0) is 13.7. The Bertz CT molecular complexity index is 662. The number of halogens is 2. The lowest BCUT2D eigenvalue weighted by atomic mass is 10.2. The number of para-hydroxylation sites is 2. The van der Waals surface area contributed by atoms with Gasteiger partial charge < -0.3 is 18.9 Å². The van der Waals surface area contributed by atoms with E-state index in [0.29, 0.717) is 17.1 Å². The largest absolute Gasteiger partial charge is 0.586 e. The van der Waals surface area contributed by atoms with Gasteiger partial charge in [-0.15, -0.1) is 8.78 Å². The summed E-state index contributed by atoms with van der Waals surface area (Å²) in [6.45, 7) is 0. The normalized spacial score (nSPS) is 18.3. The molecule has 0 atom stereocenters. The molecule has 2 aliphatic rings. The smallest absolute Gasteiger partial charge is 0.447 e. The highest BCUT2D eigenvalue weighted by atomic mass is 19.3. The summed E-state index contributed by atoms with van der Waals surface area (Å²) in [6.07, 6.45) is -4.31. The third-order valence-corrected chi connectivity index (χ3v) is 3.01. The Labute approximate surface area is 112 Å². The van der Waals surface area contributed by atoms with Crippen molar-refractivity contribution in [3.05, 3.63) is 48.0 Å². The Hall–Kier alpha value is -2.50. The number of ether oxygens (including phenoxy) is 4. The van der Waals surface area contributed by atoms with Gasteiger partial charge in [0.25, 0.3) is 6.29 Å². The van der Waals surface area contributed by atoms with Crippen LogP contribution in [0.3, 0.4) is 0 Å². The molecule has 0 saturated carbocycles. The van der Waals surface area contributed by atoms with E-state index < -0.39 is 12.6 Å². The molecule has 2 aromatic rings. The number of fused-ring (bicyclic) bond motifs is 2. The first kappa shape index (κ1) is 11.3. The summed E-state index contributed by atoms with van der Waals surface area (Å²) in [7, 11) is 0. The molecule has 6 heteroatoms. The molecular weight excluding hydrogens is 270 g/mol. The van der Waals surface area contributed by atoms with E-state index in [-0.39, 0.29) is 11.5 Å². The second-order valence-electron chi connectivity index (χ2n) is 4.39. The molecule has 4 nitrogen and oxygen atoms in total. The van der Waals surface area contributed by atoms with E-state index in [4.69, 9.17) is 9.47 Å². The Morgan fingerprint density at radius 2 is 1.45 bits per heavy atom. The van der Waals surface area contributed by atoms with E-state index in [1.807, 2.05) is 12.1 Å². The van der Waals surface area contributed by atoms with Crippen LogP contribution >= 0.6 is 0 Å². The lowest BCUT2D eigenvalue weighted by Crippen LogP contribution is -2.25. The second-order valence-corrected chi connectivity index (χ2v) is 4.39. The molecule has 0 aliphatic carbocycles. The molecule has 0 N–H and O–H groups in total. The Kier molecular flexibility index (Phi) is 2.13. The highest BCUT2D eigenvalue weighted by Crippen LogP contribution is 2.45. The van der Waals surface area contributed by atoms with Crippen LogP contribution < -0.4 is 18.9 Å².